The fourth-order valence-electron chi connectivity index (χ4n) is 2.67. The molecule has 0 aliphatic carbocycles. The number of aryl methyl sites for hydroxylation is 1. The van der Waals surface area contributed by atoms with Crippen molar-refractivity contribution in [2.24, 2.45) is 0 Å². The first-order valence-corrected chi connectivity index (χ1v) is 6.85. The van der Waals surface area contributed by atoms with Crippen molar-refractivity contribution in [3.05, 3.63) is 64.1 Å². The van der Waals surface area contributed by atoms with Crippen molar-refractivity contribution in [2.45, 2.75) is 13.8 Å². The molecule has 2 aromatic heterocycles. The molecule has 0 aliphatic rings. The number of carbonyl (C=O) groups excluding carboxylic acids is 1. The van der Waals surface area contributed by atoms with Crippen LogP contribution in [0.4, 0.5) is 0 Å². The van der Waals surface area contributed by atoms with E-state index in [0.717, 1.165) is 16.5 Å². The number of esters is 1. The van der Waals surface area contributed by atoms with E-state index >= 15 is 0 Å². The molecule has 2 heterocycles. The molecule has 106 valence electrons. The third-order valence-corrected chi connectivity index (χ3v) is 3.56. The van der Waals surface area contributed by atoms with Gasteiger partial charge in [0, 0.05) is 17.0 Å². The zero-order valence-corrected chi connectivity index (χ0v) is 11.9. The van der Waals surface area contributed by atoms with Crippen LogP contribution in [0.1, 0.15) is 22.8 Å². The average Bonchev–Trinajstić information content (AvgIpc) is 2.48. The van der Waals surface area contributed by atoms with Crippen molar-refractivity contribution in [1.82, 2.24) is 4.40 Å². The van der Waals surface area contributed by atoms with Crippen LogP contribution in [0.2, 0.25) is 0 Å². The minimum absolute atomic E-state index is 0.0931. The Labute approximate surface area is 121 Å². The summed E-state index contributed by atoms with van der Waals surface area (Å²) in [4.78, 5) is 24.8. The molecule has 0 radical (unpaired) electrons. The highest BCUT2D eigenvalue weighted by Gasteiger charge is 2.19. The topological polar surface area (TPSA) is 47.8 Å². The first-order chi connectivity index (χ1) is 10.1. The van der Waals surface area contributed by atoms with E-state index in [0.29, 0.717) is 5.39 Å². The Hall–Kier alpha value is -2.62. The van der Waals surface area contributed by atoms with E-state index in [1.807, 2.05) is 31.2 Å². The highest BCUT2D eigenvalue weighted by atomic mass is 16.5. The minimum atomic E-state index is -0.574. The smallest absolute Gasteiger partial charge is 0.344 e. The van der Waals surface area contributed by atoms with Gasteiger partial charge in [0.1, 0.15) is 5.56 Å². The van der Waals surface area contributed by atoms with Crippen LogP contribution in [0, 0.1) is 6.92 Å². The SMILES string of the molecule is CCOC(=O)c1c(=O)n2cccc(C)c2c2ccccc12. The van der Waals surface area contributed by atoms with Gasteiger partial charge >= 0.3 is 5.97 Å². The molecule has 0 aliphatic heterocycles. The van der Waals surface area contributed by atoms with E-state index in [4.69, 9.17) is 4.74 Å². The van der Waals surface area contributed by atoms with Crippen LogP contribution in [0.25, 0.3) is 16.3 Å². The molecule has 0 spiro atoms. The van der Waals surface area contributed by atoms with Gasteiger partial charge < -0.3 is 4.74 Å². The van der Waals surface area contributed by atoms with Crippen molar-refractivity contribution in [3.63, 3.8) is 0 Å². The predicted molar refractivity (Wildman–Crippen MR) is 81.9 cm³/mol. The highest BCUT2D eigenvalue weighted by molar-refractivity contribution is 6.09. The van der Waals surface area contributed by atoms with Crippen LogP contribution in [-0.4, -0.2) is 17.0 Å². The largest absolute Gasteiger partial charge is 0.462 e. The summed E-state index contributed by atoms with van der Waals surface area (Å²) in [5.41, 5.74) is 1.56. The van der Waals surface area contributed by atoms with E-state index in [-0.39, 0.29) is 17.7 Å². The van der Waals surface area contributed by atoms with Gasteiger partial charge in [-0.25, -0.2) is 4.79 Å². The quantitative estimate of drug-likeness (QED) is 0.536. The van der Waals surface area contributed by atoms with Gasteiger partial charge in [0.15, 0.2) is 0 Å². The number of benzene rings is 1. The number of ether oxygens (including phenoxy) is 1. The molecule has 3 rings (SSSR count). The lowest BCUT2D eigenvalue weighted by Crippen LogP contribution is -2.24. The molecular weight excluding hydrogens is 266 g/mol. The van der Waals surface area contributed by atoms with Crippen LogP contribution >= 0.6 is 0 Å². The fraction of sp³-hybridized carbons (Fsp3) is 0.176. The zero-order chi connectivity index (χ0) is 15.0. The summed E-state index contributed by atoms with van der Waals surface area (Å²) < 4.78 is 6.56. The maximum Gasteiger partial charge on any atom is 0.344 e. The number of carbonyl (C=O) groups is 1. The van der Waals surface area contributed by atoms with Crippen molar-refractivity contribution in [3.8, 4) is 0 Å². The maximum absolute atomic E-state index is 12.7. The molecule has 0 amide bonds. The molecular formula is C17H15NO3. The molecule has 0 saturated carbocycles. The van der Waals surface area contributed by atoms with Crippen molar-refractivity contribution in [1.29, 1.82) is 0 Å². The van der Waals surface area contributed by atoms with Crippen LogP contribution < -0.4 is 5.56 Å². The van der Waals surface area contributed by atoms with E-state index in [2.05, 4.69) is 0 Å². The van der Waals surface area contributed by atoms with Crippen LogP contribution in [0.3, 0.4) is 0 Å². The second-order valence-electron chi connectivity index (χ2n) is 4.86. The summed E-state index contributed by atoms with van der Waals surface area (Å²) in [5.74, 6) is -0.574. The van der Waals surface area contributed by atoms with Crippen molar-refractivity contribution in [2.75, 3.05) is 6.61 Å². The van der Waals surface area contributed by atoms with E-state index < -0.39 is 5.97 Å². The van der Waals surface area contributed by atoms with Crippen LogP contribution in [0.15, 0.2) is 47.4 Å². The number of hydrogen-bond donors (Lipinski definition) is 0. The summed E-state index contributed by atoms with van der Waals surface area (Å²) in [6.07, 6.45) is 1.68. The van der Waals surface area contributed by atoms with Gasteiger partial charge in [0.25, 0.3) is 5.56 Å². The molecule has 0 bridgehead atoms. The molecule has 0 N–H and O–H groups in total. The summed E-state index contributed by atoms with van der Waals surface area (Å²) in [7, 11) is 0. The summed E-state index contributed by atoms with van der Waals surface area (Å²) in [5, 5.41) is 1.51. The molecule has 21 heavy (non-hydrogen) atoms. The fourth-order valence-corrected chi connectivity index (χ4v) is 2.67. The Balaban J connectivity index is 2.55. The highest BCUT2D eigenvalue weighted by Crippen LogP contribution is 2.23. The number of nitrogens with zero attached hydrogens (tertiary/aromatic N) is 1. The monoisotopic (exact) mass is 281 g/mol. The maximum atomic E-state index is 12.7. The number of pyridine rings is 2. The molecule has 0 atom stereocenters. The van der Waals surface area contributed by atoms with E-state index in [9.17, 15) is 9.59 Å². The third kappa shape index (κ3) is 2.00. The lowest BCUT2D eigenvalue weighted by Gasteiger charge is -2.11. The Morgan fingerprint density at radius 2 is 1.86 bits per heavy atom. The molecule has 3 aromatic rings. The Kier molecular flexibility index (Phi) is 3.22. The summed E-state index contributed by atoms with van der Waals surface area (Å²) in [6, 6.07) is 11.2. The normalized spacial score (nSPS) is 11.0. The van der Waals surface area contributed by atoms with Crippen LogP contribution in [0.5, 0.6) is 0 Å². The minimum Gasteiger partial charge on any atom is -0.462 e. The summed E-state index contributed by atoms with van der Waals surface area (Å²) >= 11 is 0. The van der Waals surface area contributed by atoms with Gasteiger partial charge in [-0.15, -0.1) is 0 Å². The van der Waals surface area contributed by atoms with Gasteiger partial charge in [-0.3, -0.25) is 9.20 Å². The number of hydrogen-bond acceptors (Lipinski definition) is 3. The molecule has 0 saturated heterocycles. The Morgan fingerprint density at radius 1 is 1.14 bits per heavy atom. The molecule has 4 nitrogen and oxygen atoms in total. The van der Waals surface area contributed by atoms with Crippen molar-refractivity contribution < 1.29 is 9.53 Å². The van der Waals surface area contributed by atoms with Gasteiger partial charge in [0.2, 0.25) is 0 Å². The lowest BCUT2D eigenvalue weighted by molar-refractivity contribution is 0.0526. The molecule has 0 unspecified atom stereocenters. The van der Waals surface area contributed by atoms with Gasteiger partial charge in [-0.1, -0.05) is 30.3 Å². The summed E-state index contributed by atoms with van der Waals surface area (Å²) in [6.45, 7) is 3.91. The van der Waals surface area contributed by atoms with E-state index in [1.54, 1.807) is 25.3 Å². The molecule has 0 fully saturated rings. The zero-order valence-electron chi connectivity index (χ0n) is 11.9. The van der Waals surface area contributed by atoms with Crippen molar-refractivity contribution >= 4 is 22.3 Å². The molecule has 4 heteroatoms. The standard InChI is InChI=1S/C17H15NO3/c1-3-21-17(20)14-12-8-4-5-9-13(12)15-11(2)7-6-10-18(15)16(14)19/h4-10H,3H2,1-2H3. The van der Waals surface area contributed by atoms with Gasteiger partial charge in [-0.05, 0) is 25.5 Å². The Morgan fingerprint density at radius 3 is 2.57 bits per heavy atom. The lowest BCUT2D eigenvalue weighted by atomic mass is 10.0. The third-order valence-electron chi connectivity index (χ3n) is 3.56. The van der Waals surface area contributed by atoms with E-state index in [1.165, 1.54) is 4.40 Å². The predicted octanol–water partition coefficient (Wildman–Crippen LogP) is 2.94. The first-order valence-electron chi connectivity index (χ1n) is 6.85. The number of fused-ring (bicyclic) bond motifs is 3. The van der Waals surface area contributed by atoms with Gasteiger partial charge in [-0.2, -0.15) is 0 Å². The van der Waals surface area contributed by atoms with Gasteiger partial charge in [0.05, 0.1) is 12.1 Å². The Bertz CT molecular complexity index is 909. The first kappa shape index (κ1) is 13.4. The average molecular weight is 281 g/mol. The second kappa shape index (κ2) is 5.05. The second-order valence-corrected chi connectivity index (χ2v) is 4.86. The number of rotatable bonds is 2. The van der Waals surface area contributed by atoms with Crippen LogP contribution in [-0.2, 0) is 4.74 Å². The molecule has 1 aromatic carbocycles. The number of aromatic nitrogens is 1.